The molecule has 1 aromatic carbocycles. The van der Waals surface area contributed by atoms with Gasteiger partial charge in [-0.15, -0.1) is 0 Å². The second kappa shape index (κ2) is 9.20. The van der Waals surface area contributed by atoms with Crippen molar-refractivity contribution in [3.63, 3.8) is 0 Å². The molecule has 1 saturated carbocycles. The summed E-state index contributed by atoms with van der Waals surface area (Å²) in [5, 5.41) is 0. The molecule has 0 aromatic heterocycles. The average molecular weight is 457 g/mol. The first-order valence-electron chi connectivity index (χ1n) is 11.7. The Hall–Kier alpha value is -1.83. The smallest absolute Gasteiger partial charge is 0.425 e. The minimum atomic E-state index is -4.56. The lowest BCUT2D eigenvalue weighted by atomic mass is 9.84. The number of nitrogens with zero attached hydrogens (tertiary/aromatic N) is 2. The summed E-state index contributed by atoms with van der Waals surface area (Å²) in [4.78, 5) is 15.9. The molecule has 2 heterocycles. The van der Waals surface area contributed by atoms with Gasteiger partial charge in [-0.25, -0.2) is 9.18 Å². The summed E-state index contributed by atoms with van der Waals surface area (Å²) in [6, 6.07) is 5.44. The first kappa shape index (κ1) is 23.3. The van der Waals surface area contributed by atoms with E-state index in [0.29, 0.717) is 38.4 Å². The Morgan fingerprint density at radius 2 is 1.78 bits per heavy atom. The molecule has 178 valence electrons. The van der Waals surface area contributed by atoms with Gasteiger partial charge in [-0.05, 0) is 81.2 Å². The van der Waals surface area contributed by atoms with Gasteiger partial charge in [0.2, 0.25) is 0 Å². The third kappa shape index (κ3) is 5.05. The van der Waals surface area contributed by atoms with E-state index >= 15 is 0 Å². The van der Waals surface area contributed by atoms with Crippen LogP contribution in [0.1, 0.15) is 75.3 Å². The number of hydrogen-bond acceptors (Lipinski definition) is 3. The van der Waals surface area contributed by atoms with Crippen molar-refractivity contribution in [1.29, 1.82) is 0 Å². The molecular weight excluding hydrogens is 424 g/mol. The molecule has 1 atom stereocenters. The topological polar surface area (TPSA) is 32.8 Å². The fourth-order valence-corrected chi connectivity index (χ4v) is 5.69. The predicted octanol–water partition coefficient (Wildman–Crippen LogP) is 6.00. The number of rotatable bonds is 4. The van der Waals surface area contributed by atoms with Crippen LogP contribution in [0.5, 0.6) is 0 Å². The second-order valence-corrected chi connectivity index (χ2v) is 9.68. The van der Waals surface area contributed by atoms with Crippen molar-refractivity contribution in [2.24, 2.45) is 0 Å². The van der Waals surface area contributed by atoms with Crippen LogP contribution in [0.3, 0.4) is 0 Å². The van der Waals surface area contributed by atoms with Crippen molar-refractivity contribution >= 4 is 6.09 Å². The summed E-state index contributed by atoms with van der Waals surface area (Å²) in [7, 11) is 0. The van der Waals surface area contributed by atoms with Gasteiger partial charge in [-0.3, -0.25) is 4.90 Å². The zero-order valence-electron chi connectivity index (χ0n) is 18.6. The third-order valence-corrected chi connectivity index (χ3v) is 7.61. The van der Waals surface area contributed by atoms with Gasteiger partial charge in [-0.1, -0.05) is 18.9 Å². The van der Waals surface area contributed by atoms with Gasteiger partial charge >= 0.3 is 12.3 Å². The number of carbonyl (C=O) groups excluding carboxylic acids is 1. The second-order valence-electron chi connectivity index (χ2n) is 9.68. The molecule has 0 bridgehead atoms. The standard InChI is InChI=1S/C24H32F4N2O2/c1-17(24(26,27)28)32-22(31)29-11-8-23(9-12-29)7-4-10-30(23)16-18-13-20(15-21(25)14-18)19-5-2-3-6-19/h13-15,17,19H,2-12,16H2,1H3. The van der Waals surface area contributed by atoms with Crippen molar-refractivity contribution < 1.29 is 27.1 Å². The van der Waals surface area contributed by atoms with Crippen molar-refractivity contribution in [2.75, 3.05) is 19.6 Å². The molecule has 3 aliphatic rings. The summed E-state index contributed by atoms with van der Waals surface area (Å²) < 4.78 is 57.1. The van der Waals surface area contributed by atoms with E-state index in [4.69, 9.17) is 0 Å². The van der Waals surface area contributed by atoms with Gasteiger partial charge in [-0.2, -0.15) is 13.2 Å². The van der Waals surface area contributed by atoms with Crippen LogP contribution in [0.25, 0.3) is 0 Å². The van der Waals surface area contributed by atoms with Crippen molar-refractivity contribution in [3.05, 3.63) is 35.1 Å². The van der Waals surface area contributed by atoms with E-state index in [0.717, 1.165) is 50.3 Å². The molecule has 2 aliphatic heterocycles. The number of halogens is 4. The molecule has 4 nitrogen and oxygen atoms in total. The van der Waals surface area contributed by atoms with Crippen molar-refractivity contribution in [1.82, 2.24) is 9.80 Å². The minimum absolute atomic E-state index is 0.0910. The highest BCUT2D eigenvalue weighted by Gasteiger charge is 2.45. The van der Waals surface area contributed by atoms with Gasteiger partial charge in [0.25, 0.3) is 0 Å². The van der Waals surface area contributed by atoms with Crippen LogP contribution in [0.15, 0.2) is 18.2 Å². The summed E-state index contributed by atoms with van der Waals surface area (Å²) in [6.45, 7) is 3.16. The average Bonchev–Trinajstić information content (AvgIpc) is 3.39. The van der Waals surface area contributed by atoms with Crippen LogP contribution in [-0.4, -0.2) is 53.3 Å². The number of benzene rings is 1. The molecule has 0 radical (unpaired) electrons. The van der Waals surface area contributed by atoms with E-state index in [9.17, 15) is 22.4 Å². The molecule has 8 heteroatoms. The fraction of sp³-hybridized carbons (Fsp3) is 0.708. The molecule has 1 aliphatic carbocycles. The van der Waals surface area contributed by atoms with Gasteiger partial charge in [0.05, 0.1) is 0 Å². The highest BCUT2D eigenvalue weighted by atomic mass is 19.4. The third-order valence-electron chi connectivity index (χ3n) is 7.61. The Morgan fingerprint density at radius 1 is 1.09 bits per heavy atom. The van der Waals surface area contributed by atoms with Crippen LogP contribution in [-0.2, 0) is 11.3 Å². The van der Waals surface area contributed by atoms with E-state index in [1.807, 2.05) is 0 Å². The summed E-state index contributed by atoms with van der Waals surface area (Å²) >= 11 is 0. The maximum absolute atomic E-state index is 14.4. The number of carbonyl (C=O) groups is 1. The van der Waals surface area contributed by atoms with Gasteiger partial charge < -0.3 is 9.64 Å². The molecule has 1 spiro atoms. The van der Waals surface area contributed by atoms with E-state index in [1.54, 1.807) is 12.1 Å². The number of likely N-dealkylation sites (tertiary alicyclic amines) is 2. The van der Waals surface area contributed by atoms with Crippen molar-refractivity contribution in [2.45, 2.75) is 88.6 Å². The summed E-state index contributed by atoms with van der Waals surface area (Å²) in [5.41, 5.74) is 1.99. The largest absolute Gasteiger partial charge is 0.437 e. The Morgan fingerprint density at radius 3 is 2.44 bits per heavy atom. The number of hydrogen-bond donors (Lipinski definition) is 0. The first-order valence-corrected chi connectivity index (χ1v) is 11.7. The van der Waals surface area contributed by atoms with E-state index in [1.165, 1.54) is 17.7 Å². The Bertz CT molecular complexity index is 815. The normalized spacial score (nSPS) is 23.1. The summed E-state index contributed by atoms with van der Waals surface area (Å²) in [5.74, 6) is 0.263. The lowest BCUT2D eigenvalue weighted by molar-refractivity contribution is -0.200. The molecule has 32 heavy (non-hydrogen) atoms. The van der Waals surface area contributed by atoms with E-state index < -0.39 is 18.4 Å². The van der Waals surface area contributed by atoms with Crippen LogP contribution < -0.4 is 0 Å². The zero-order chi connectivity index (χ0) is 22.9. The molecule has 0 N–H and O–H groups in total. The molecular formula is C24H32F4N2O2. The van der Waals surface area contributed by atoms with Gasteiger partial charge in [0.15, 0.2) is 6.10 Å². The molecule has 2 saturated heterocycles. The SMILES string of the molecule is CC(OC(=O)N1CCC2(CCCN2Cc2cc(F)cc(C3CCCC3)c2)CC1)C(F)(F)F. The predicted molar refractivity (Wildman–Crippen MR) is 113 cm³/mol. The highest BCUT2D eigenvalue weighted by molar-refractivity contribution is 5.68. The molecule has 1 aromatic rings. The molecule has 1 unspecified atom stereocenters. The zero-order valence-corrected chi connectivity index (χ0v) is 18.6. The maximum atomic E-state index is 14.4. The Balaban J connectivity index is 1.39. The minimum Gasteiger partial charge on any atom is -0.437 e. The quantitative estimate of drug-likeness (QED) is 0.521. The monoisotopic (exact) mass is 456 g/mol. The molecule has 4 rings (SSSR count). The number of piperidine rings is 1. The summed E-state index contributed by atoms with van der Waals surface area (Å²) in [6.07, 6.45) is 0.457. The van der Waals surface area contributed by atoms with Crippen LogP contribution in [0, 0.1) is 5.82 Å². The first-order chi connectivity index (χ1) is 15.2. The number of ether oxygens (including phenoxy) is 1. The number of amides is 1. The molecule has 1 amide bonds. The molecule has 3 fully saturated rings. The lowest BCUT2D eigenvalue weighted by Gasteiger charge is -2.45. The van der Waals surface area contributed by atoms with Gasteiger partial charge in [0.1, 0.15) is 5.82 Å². The Kier molecular flexibility index (Phi) is 6.71. The van der Waals surface area contributed by atoms with Crippen molar-refractivity contribution in [3.8, 4) is 0 Å². The lowest BCUT2D eigenvalue weighted by Crippen LogP contribution is -2.53. The highest BCUT2D eigenvalue weighted by Crippen LogP contribution is 2.40. The fourth-order valence-electron chi connectivity index (χ4n) is 5.69. The maximum Gasteiger partial charge on any atom is 0.425 e. The Labute approximate surface area is 186 Å². The number of alkyl halides is 3. The van der Waals surface area contributed by atoms with E-state index in [-0.39, 0.29) is 11.4 Å². The van der Waals surface area contributed by atoms with Gasteiger partial charge in [0, 0.05) is 25.2 Å². The van der Waals surface area contributed by atoms with E-state index in [2.05, 4.69) is 15.7 Å². The van der Waals surface area contributed by atoms with Crippen LogP contribution in [0.4, 0.5) is 22.4 Å². The van der Waals surface area contributed by atoms with Crippen LogP contribution in [0.2, 0.25) is 0 Å². The van der Waals surface area contributed by atoms with Crippen LogP contribution >= 0.6 is 0 Å².